The van der Waals surface area contributed by atoms with Crippen LogP contribution in [0.1, 0.15) is 11.5 Å². The average molecular weight is 467 g/mol. The summed E-state index contributed by atoms with van der Waals surface area (Å²) >= 11 is 1.12. The zero-order chi connectivity index (χ0) is 22.9. The molecular formula is C19H16F3N5O4S. The van der Waals surface area contributed by atoms with Gasteiger partial charge in [-0.25, -0.2) is 0 Å². The molecule has 0 aliphatic carbocycles. The SMILES string of the molecule is COc1cc(-c2nnc(CSc3nnc4ccc(C(F)(F)F)cn34)o2)cc(OC)c1OC. The summed E-state index contributed by atoms with van der Waals surface area (Å²) in [6.07, 6.45) is -3.52. The molecule has 0 aliphatic heterocycles. The fourth-order valence-corrected chi connectivity index (χ4v) is 3.65. The number of methoxy groups -OCH3 is 3. The minimum absolute atomic E-state index is 0.175. The average Bonchev–Trinajstić information content (AvgIpc) is 3.42. The third kappa shape index (κ3) is 4.15. The lowest BCUT2D eigenvalue weighted by molar-refractivity contribution is -0.137. The number of halogens is 3. The summed E-state index contributed by atoms with van der Waals surface area (Å²) in [6, 6.07) is 5.54. The predicted octanol–water partition coefficient (Wildman–Crippen LogP) is 4.12. The van der Waals surface area contributed by atoms with Crippen LogP contribution in [0.5, 0.6) is 17.2 Å². The molecule has 32 heavy (non-hydrogen) atoms. The number of alkyl halides is 3. The highest BCUT2D eigenvalue weighted by Gasteiger charge is 2.31. The van der Waals surface area contributed by atoms with Crippen LogP contribution in [0.25, 0.3) is 17.1 Å². The fourth-order valence-electron chi connectivity index (χ4n) is 2.90. The number of aromatic nitrogens is 5. The Morgan fingerprint density at radius 3 is 2.31 bits per heavy atom. The molecule has 0 radical (unpaired) electrons. The maximum absolute atomic E-state index is 13.0. The first-order chi connectivity index (χ1) is 15.3. The van der Waals surface area contributed by atoms with E-state index in [4.69, 9.17) is 18.6 Å². The third-order valence-electron chi connectivity index (χ3n) is 4.40. The molecule has 0 saturated heterocycles. The molecule has 168 valence electrons. The second-order valence-electron chi connectivity index (χ2n) is 6.33. The smallest absolute Gasteiger partial charge is 0.417 e. The van der Waals surface area contributed by atoms with Gasteiger partial charge in [-0.15, -0.1) is 20.4 Å². The topological polar surface area (TPSA) is 96.8 Å². The second kappa shape index (κ2) is 8.57. The van der Waals surface area contributed by atoms with Gasteiger partial charge in [0.15, 0.2) is 22.3 Å². The van der Waals surface area contributed by atoms with Crippen LogP contribution in [0.3, 0.4) is 0 Å². The summed E-state index contributed by atoms with van der Waals surface area (Å²) in [7, 11) is 4.47. The molecule has 0 spiro atoms. The van der Waals surface area contributed by atoms with Gasteiger partial charge in [-0.05, 0) is 24.3 Å². The van der Waals surface area contributed by atoms with E-state index in [0.717, 1.165) is 24.0 Å². The maximum atomic E-state index is 13.0. The summed E-state index contributed by atoms with van der Waals surface area (Å²) in [5.74, 6) is 1.91. The molecule has 0 unspecified atom stereocenters. The number of pyridine rings is 1. The van der Waals surface area contributed by atoms with Crippen LogP contribution in [0.15, 0.2) is 40.0 Å². The third-order valence-corrected chi connectivity index (χ3v) is 5.33. The van der Waals surface area contributed by atoms with Gasteiger partial charge in [0.1, 0.15) is 0 Å². The first-order valence-electron chi connectivity index (χ1n) is 9.01. The Hall–Kier alpha value is -3.48. The minimum Gasteiger partial charge on any atom is -0.493 e. The number of hydrogen-bond donors (Lipinski definition) is 0. The highest BCUT2D eigenvalue weighted by Crippen LogP contribution is 2.41. The predicted molar refractivity (Wildman–Crippen MR) is 107 cm³/mol. The molecular weight excluding hydrogens is 451 g/mol. The number of rotatable bonds is 7. The molecule has 3 heterocycles. The highest BCUT2D eigenvalue weighted by atomic mass is 32.2. The highest BCUT2D eigenvalue weighted by molar-refractivity contribution is 7.98. The van der Waals surface area contributed by atoms with Crippen molar-refractivity contribution < 1.29 is 31.8 Å². The van der Waals surface area contributed by atoms with Crippen LogP contribution in [0.4, 0.5) is 13.2 Å². The molecule has 0 amide bonds. The number of ether oxygens (including phenoxy) is 3. The van der Waals surface area contributed by atoms with Crippen LogP contribution in [-0.2, 0) is 11.9 Å². The van der Waals surface area contributed by atoms with E-state index in [1.54, 1.807) is 12.1 Å². The lowest BCUT2D eigenvalue weighted by atomic mass is 10.2. The Bertz CT molecular complexity index is 1230. The van der Waals surface area contributed by atoms with Gasteiger partial charge in [0.05, 0.1) is 32.6 Å². The largest absolute Gasteiger partial charge is 0.493 e. The summed E-state index contributed by atoms with van der Waals surface area (Å²) in [6.45, 7) is 0. The summed E-state index contributed by atoms with van der Waals surface area (Å²) in [4.78, 5) is 0. The summed E-state index contributed by atoms with van der Waals surface area (Å²) in [5, 5.41) is 16.1. The van der Waals surface area contributed by atoms with E-state index in [1.807, 2.05) is 0 Å². The van der Waals surface area contributed by atoms with Crippen LogP contribution in [0, 0.1) is 0 Å². The van der Waals surface area contributed by atoms with E-state index in [2.05, 4.69) is 20.4 Å². The molecule has 9 nitrogen and oxygen atoms in total. The quantitative estimate of drug-likeness (QED) is 0.372. The van der Waals surface area contributed by atoms with E-state index < -0.39 is 11.7 Å². The molecule has 13 heteroatoms. The van der Waals surface area contributed by atoms with Gasteiger partial charge in [0.25, 0.3) is 0 Å². The second-order valence-corrected chi connectivity index (χ2v) is 7.27. The fraction of sp³-hybridized carbons (Fsp3) is 0.263. The first kappa shape index (κ1) is 21.7. The Morgan fingerprint density at radius 2 is 1.69 bits per heavy atom. The number of nitrogens with zero attached hydrogens (tertiary/aromatic N) is 5. The number of fused-ring (bicyclic) bond motifs is 1. The molecule has 4 aromatic rings. The van der Waals surface area contributed by atoms with Crippen LogP contribution < -0.4 is 14.2 Å². The Kier molecular flexibility index (Phi) is 5.82. The van der Waals surface area contributed by atoms with Gasteiger partial charge in [-0.2, -0.15) is 13.2 Å². The molecule has 1 aromatic carbocycles. The van der Waals surface area contributed by atoms with E-state index in [0.29, 0.717) is 28.5 Å². The van der Waals surface area contributed by atoms with Gasteiger partial charge < -0.3 is 18.6 Å². The van der Waals surface area contributed by atoms with Crippen molar-refractivity contribution in [3.8, 4) is 28.7 Å². The van der Waals surface area contributed by atoms with E-state index in [9.17, 15) is 13.2 Å². The zero-order valence-corrected chi connectivity index (χ0v) is 17.8. The lowest BCUT2D eigenvalue weighted by Gasteiger charge is -2.12. The Labute approximate surface area is 183 Å². The lowest BCUT2D eigenvalue weighted by Crippen LogP contribution is -2.06. The number of thioether (sulfide) groups is 1. The van der Waals surface area contributed by atoms with Crippen molar-refractivity contribution >= 4 is 17.4 Å². The van der Waals surface area contributed by atoms with E-state index in [1.165, 1.54) is 31.8 Å². The van der Waals surface area contributed by atoms with Gasteiger partial charge in [-0.1, -0.05) is 11.8 Å². The van der Waals surface area contributed by atoms with Crippen LogP contribution in [-0.4, -0.2) is 46.1 Å². The molecule has 0 aliphatic rings. The van der Waals surface area contributed by atoms with Crippen molar-refractivity contribution in [3.63, 3.8) is 0 Å². The van der Waals surface area contributed by atoms with Crippen molar-refractivity contribution in [2.24, 2.45) is 0 Å². The van der Waals surface area contributed by atoms with E-state index in [-0.39, 0.29) is 22.7 Å². The zero-order valence-electron chi connectivity index (χ0n) is 17.0. The molecule has 0 atom stereocenters. The number of benzene rings is 1. The van der Waals surface area contributed by atoms with Gasteiger partial charge >= 0.3 is 6.18 Å². The molecule has 4 rings (SSSR count). The van der Waals surface area contributed by atoms with E-state index >= 15 is 0 Å². The number of hydrogen-bond acceptors (Lipinski definition) is 9. The van der Waals surface area contributed by atoms with Crippen LogP contribution >= 0.6 is 11.8 Å². The van der Waals surface area contributed by atoms with Crippen molar-refractivity contribution in [3.05, 3.63) is 41.9 Å². The standard InChI is InChI=1S/C19H16F3N5O4S/c1-28-12-6-10(7-13(29-2)16(12)30-3)17-25-24-15(31-17)9-32-18-26-23-14-5-4-11(8-27(14)18)19(20,21)22/h4-8H,9H2,1-3H3. The first-order valence-corrected chi connectivity index (χ1v) is 10.00. The van der Waals surface area contributed by atoms with Crippen molar-refractivity contribution in [2.75, 3.05) is 21.3 Å². The van der Waals surface area contributed by atoms with Gasteiger partial charge in [0, 0.05) is 11.8 Å². The normalized spacial score (nSPS) is 11.7. The van der Waals surface area contributed by atoms with Crippen molar-refractivity contribution in [2.45, 2.75) is 17.1 Å². The Balaban J connectivity index is 1.56. The maximum Gasteiger partial charge on any atom is 0.417 e. The summed E-state index contributed by atoms with van der Waals surface area (Å²) < 4.78 is 61.9. The molecule has 0 N–H and O–H groups in total. The summed E-state index contributed by atoms with van der Waals surface area (Å²) in [5.41, 5.74) is 0.0456. The minimum atomic E-state index is -4.47. The molecule has 0 fully saturated rings. The van der Waals surface area contributed by atoms with Crippen molar-refractivity contribution in [1.82, 2.24) is 24.8 Å². The van der Waals surface area contributed by atoms with Crippen LogP contribution in [0.2, 0.25) is 0 Å². The molecule has 3 aromatic heterocycles. The molecule has 0 bridgehead atoms. The van der Waals surface area contributed by atoms with Gasteiger partial charge in [-0.3, -0.25) is 4.40 Å². The van der Waals surface area contributed by atoms with Crippen molar-refractivity contribution in [1.29, 1.82) is 0 Å². The molecule has 0 saturated carbocycles. The monoisotopic (exact) mass is 467 g/mol. The Morgan fingerprint density at radius 1 is 0.969 bits per heavy atom. The van der Waals surface area contributed by atoms with Gasteiger partial charge in [0.2, 0.25) is 17.5 Å².